The van der Waals surface area contributed by atoms with Gasteiger partial charge in [0.25, 0.3) is 0 Å². The summed E-state index contributed by atoms with van der Waals surface area (Å²) in [4.78, 5) is 10.2. The maximum Gasteiger partial charge on any atom is 0.237 e. The van der Waals surface area contributed by atoms with Crippen LogP contribution in [0.15, 0.2) is 24.3 Å². The lowest BCUT2D eigenvalue weighted by atomic mass is 10.2. The van der Waals surface area contributed by atoms with Gasteiger partial charge < -0.3 is 4.74 Å². The maximum atomic E-state index is 10.2. The lowest BCUT2D eigenvalue weighted by Crippen LogP contribution is -1.88. The van der Waals surface area contributed by atoms with Crippen molar-refractivity contribution in [1.29, 1.82) is 0 Å². The fourth-order valence-electron chi connectivity index (χ4n) is 0.729. The van der Waals surface area contributed by atoms with Gasteiger partial charge in [0.2, 0.25) is 6.29 Å². The largest absolute Gasteiger partial charge is 0.496 e. The number of carbonyl (C=O) groups excluding carboxylic acids is 1. The Labute approximate surface area is 59.4 Å². The van der Waals surface area contributed by atoms with Gasteiger partial charge in [-0.05, 0) is 12.1 Å². The van der Waals surface area contributed by atoms with Gasteiger partial charge in [-0.1, -0.05) is 12.1 Å². The summed E-state index contributed by atoms with van der Waals surface area (Å²) in [6.07, 6.45) is 1.77. The van der Waals surface area contributed by atoms with Crippen LogP contribution >= 0.6 is 0 Å². The predicted molar refractivity (Wildman–Crippen MR) is 37.8 cm³/mol. The van der Waals surface area contributed by atoms with Gasteiger partial charge in [0, 0.05) is 0 Å². The van der Waals surface area contributed by atoms with E-state index in [0.717, 1.165) is 0 Å². The quantitative estimate of drug-likeness (QED) is 0.608. The molecule has 0 aliphatic carbocycles. The summed E-state index contributed by atoms with van der Waals surface area (Å²) in [5.41, 5.74) is 0.463. The molecule has 0 unspecified atom stereocenters. The minimum absolute atomic E-state index is 0.463. The molecule has 0 saturated heterocycles. The van der Waals surface area contributed by atoms with Crippen molar-refractivity contribution in [2.24, 2.45) is 0 Å². The van der Waals surface area contributed by atoms with E-state index in [-0.39, 0.29) is 0 Å². The second-order valence-electron chi connectivity index (χ2n) is 1.80. The minimum Gasteiger partial charge on any atom is -0.496 e. The molecule has 1 aromatic carbocycles. The maximum absolute atomic E-state index is 10.2. The highest BCUT2D eigenvalue weighted by atomic mass is 16.5. The fourth-order valence-corrected chi connectivity index (χ4v) is 0.729. The van der Waals surface area contributed by atoms with Crippen LogP contribution in [0, 0.1) is 0 Å². The molecule has 1 rings (SSSR count). The monoisotopic (exact) mass is 135 g/mol. The van der Waals surface area contributed by atoms with Crippen LogP contribution in [-0.4, -0.2) is 13.4 Å². The fraction of sp³-hybridized carbons (Fsp3) is 0.125. The van der Waals surface area contributed by atoms with Crippen molar-refractivity contribution in [2.45, 2.75) is 0 Å². The number of para-hydroxylation sites is 1. The van der Waals surface area contributed by atoms with Gasteiger partial charge >= 0.3 is 0 Å². The van der Waals surface area contributed by atoms with Crippen molar-refractivity contribution < 1.29 is 9.53 Å². The summed E-state index contributed by atoms with van der Waals surface area (Å²) in [7, 11) is 1.52. The lowest BCUT2D eigenvalue weighted by Gasteiger charge is -1.99. The van der Waals surface area contributed by atoms with E-state index >= 15 is 0 Å². The number of methoxy groups -OCH3 is 1. The van der Waals surface area contributed by atoms with E-state index in [4.69, 9.17) is 4.74 Å². The summed E-state index contributed by atoms with van der Waals surface area (Å²) in [6, 6.07) is 6.95. The molecule has 0 fully saturated rings. The first-order chi connectivity index (χ1) is 4.88. The van der Waals surface area contributed by atoms with Crippen molar-refractivity contribution in [2.75, 3.05) is 7.11 Å². The van der Waals surface area contributed by atoms with Gasteiger partial charge in [-0.3, -0.25) is 4.79 Å². The van der Waals surface area contributed by atoms with Crippen LogP contribution in [0.5, 0.6) is 5.75 Å². The summed E-state index contributed by atoms with van der Waals surface area (Å²) < 4.78 is 4.87. The summed E-state index contributed by atoms with van der Waals surface area (Å²) in [5, 5.41) is 0. The molecule has 0 aliphatic heterocycles. The Hall–Kier alpha value is -1.31. The van der Waals surface area contributed by atoms with Crippen LogP contribution in [0.3, 0.4) is 0 Å². The number of hydrogen-bond acceptors (Lipinski definition) is 2. The third kappa shape index (κ3) is 1.16. The molecule has 0 spiro atoms. The van der Waals surface area contributed by atoms with E-state index < -0.39 is 0 Å². The number of rotatable bonds is 2. The van der Waals surface area contributed by atoms with Crippen LogP contribution in [0.25, 0.3) is 0 Å². The molecule has 0 heterocycles. The van der Waals surface area contributed by atoms with Crippen molar-refractivity contribution in [1.82, 2.24) is 0 Å². The van der Waals surface area contributed by atoms with Crippen molar-refractivity contribution in [3.05, 3.63) is 29.8 Å². The molecule has 1 radical (unpaired) electrons. The zero-order valence-electron chi connectivity index (χ0n) is 5.63. The van der Waals surface area contributed by atoms with E-state index in [1.165, 1.54) is 7.11 Å². The molecular weight excluding hydrogens is 128 g/mol. The van der Waals surface area contributed by atoms with Crippen LogP contribution in [-0.2, 0) is 4.79 Å². The first-order valence-electron chi connectivity index (χ1n) is 2.89. The summed E-state index contributed by atoms with van der Waals surface area (Å²) in [6.45, 7) is 0. The van der Waals surface area contributed by atoms with Gasteiger partial charge in [0.15, 0.2) is 0 Å². The van der Waals surface area contributed by atoms with Gasteiger partial charge in [-0.15, -0.1) is 0 Å². The molecule has 2 nitrogen and oxygen atoms in total. The molecule has 0 aliphatic rings. The second-order valence-corrected chi connectivity index (χ2v) is 1.80. The Morgan fingerprint density at radius 2 is 2.10 bits per heavy atom. The Kier molecular flexibility index (Phi) is 2.05. The second kappa shape index (κ2) is 3.01. The summed E-state index contributed by atoms with van der Waals surface area (Å²) in [5.74, 6) is 0.567. The Bertz CT molecular complexity index is 230. The first kappa shape index (κ1) is 6.81. The Morgan fingerprint density at radius 1 is 1.40 bits per heavy atom. The topological polar surface area (TPSA) is 26.3 Å². The Balaban J connectivity index is 3.08. The van der Waals surface area contributed by atoms with Crippen molar-refractivity contribution in [3.8, 4) is 5.75 Å². The molecule has 0 atom stereocenters. The van der Waals surface area contributed by atoms with Crippen molar-refractivity contribution in [3.63, 3.8) is 0 Å². The van der Waals surface area contributed by atoms with Crippen molar-refractivity contribution >= 4 is 6.29 Å². The van der Waals surface area contributed by atoms with E-state index in [1.807, 2.05) is 0 Å². The molecule has 0 aromatic heterocycles. The predicted octanol–water partition coefficient (Wildman–Crippen LogP) is 1.15. The highest BCUT2D eigenvalue weighted by Crippen LogP contribution is 2.13. The lowest BCUT2D eigenvalue weighted by molar-refractivity contribution is 0.413. The van der Waals surface area contributed by atoms with Crippen LogP contribution in [0.2, 0.25) is 0 Å². The molecule has 0 amide bonds. The Morgan fingerprint density at radius 3 is 2.60 bits per heavy atom. The SMILES string of the molecule is COc1ccccc1[C]=O. The van der Waals surface area contributed by atoms with Crippen LogP contribution in [0.1, 0.15) is 5.56 Å². The van der Waals surface area contributed by atoms with Crippen LogP contribution < -0.4 is 4.74 Å². The van der Waals surface area contributed by atoms with E-state index in [1.54, 1.807) is 30.6 Å². The molecule has 0 bridgehead atoms. The molecule has 51 valence electrons. The number of ether oxygens (including phenoxy) is 1. The van der Waals surface area contributed by atoms with Gasteiger partial charge in [-0.2, -0.15) is 0 Å². The normalized spacial score (nSPS) is 8.90. The van der Waals surface area contributed by atoms with E-state index in [0.29, 0.717) is 11.3 Å². The van der Waals surface area contributed by atoms with Gasteiger partial charge in [0.1, 0.15) is 5.75 Å². The highest BCUT2D eigenvalue weighted by Gasteiger charge is 1.97. The van der Waals surface area contributed by atoms with Gasteiger partial charge in [-0.25, -0.2) is 0 Å². The number of hydrogen-bond donors (Lipinski definition) is 0. The molecule has 0 N–H and O–H groups in total. The molecule has 2 heteroatoms. The standard InChI is InChI=1S/C8H7O2/c1-10-8-5-3-2-4-7(8)6-9/h2-5H,1H3. The van der Waals surface area contributed by atoms with Crippen LogP contribution in [0.4, 0.5) is 0 Å². The average Bonchev–Trinajstić information content (AvgIpc) is 2.04. The molecule has 10 heavy (non-hydrogen) atoms. The molecular formula is C8H7O2. The molecule has 1 aromatic rings. The van der Waals surface area contributed by atoms with E-state index in [2.05, 4.69) is 0 Å². The van der Waals surface area contributed by atoms with E-state index in [9.17, 15) is 4.79 Å². The third-order valence-corrected chi connectivity index (χ3v) is 1.22. The summed E-state index contributed by atoms with van der Waals surface area (Å²) >= 11 is 0. The molecule has 0 saturated carbocycles. The third-order valence-electron chi connectivity index (χ3n) is 1.22. The number of benzene rings is 1. The first-order valence-corrected chi connectivity index (χ1v) is 2.89. The average molecular weight is 135 g/mol. The zero-order valence-corrected chi connectivity index (χ0v) is 5.63. The smallest absolute Gasteiger partial charge is 0.237 e. The highest BCUT2D eigenvalue weighted by molar-refractivity contribution is 5.79. The minimum atomic E-state index is 0.463. The van der Waals surface area contributed by atoms with Gasteiger partial charge in [0.05, 0.1) is 12.7 Å². The zero-order chi connectivity index (χ0) is 7.40.